The average molecular weight is 422 g/mol. The standard InChI is InChI=1S/C20H17F3N2O3S/c21-20(22,23)15-3-1-2-14(11-15)17(26)24-9-8-12-4-6-13(7-5-12)10-16-18(27)25-19(28)29-16/h1-7,11,16H,8-10H2,(H,24,26)(H,25,27,28)/t16-/m1/s1. The number of benzene rings is 2. The molecule has 0 saturated carbocycles. The van der Waals surface area contributed by atoms with E-state index in [1.54, 1.807) is 0 Å². The first-order valence-corrected chi connectivity index (χ1v) is 9.65. The first-order valence-electron chi connectivity index (χ1n) is 8.77. The minimum absolute atomic E-state index is 0.0444. The number of carbonyl (C=O) groups is 3. The van der Waals surface area contributed by atoms with Gasteiger partial charge in [0.25, 0.3) is 11.1 Å². The van der Waals surface area contributed by atoms with E-state index in [-0.39, 0.29) is 23.3 Å². The summed E-state index contributed by atoms with van der Waals surface area (Å²) in [5.41, 5.74) is 0.926. The van der Waals surface area contributed by atoms with Gasteiger partial charge < -0.3 is 5.32 Å². The molecule has 0 aromatic heterocycles. The molecule has 2 N–H and O–H groups in total. The number of imide groups is 1. The lowest BCUT2D eigenvalue weighted by Gasteiger charge is -2.10. The van der Waals surface area contributed by atoms with Crippen LogP contribution >= 0.6 is 11.8 Å². The number of thioether (sulfide) groups is 1. The highest BCUT2D eigenvalue weighted by molar-refractivity contribution is 8.15. The lowest BCUT2D eigenvalue weighted by atomic mass is 10.0. The Labute approximate surface area is 169 Å². The first-order chi connectivity index (χ1) is 13.7. The topological polar surface area (TPSA) is 75.3 Å². The Bertz CT molecular complexity index is 929. The zero-order valence-electron chi connectivity index (χ0n) is 15.1. The number of amides is 3. The summed E-state index contributed by atoms with van der Waals surface area (Å²) in [6.07, 6.45) is -3.56. The van der Waals surface area contributed by atoms with Crippen molar-refractivity contribution in [3.63, 3.8) is 0 Å². The van der Waals surface area contributed by atoms with Gasteiger partial charge in [-0.05, 0) is 42.2 Å². The number of nitrogens with one attached hydrogen (secondary N) is 2. The molecule has 2 aromatic rings. The molecule has 1 saturated heterocycles. The van der Waals surface area contributed by atoms with E-state index in [0.717, 1.165) is 35.0 Å². The summed E-state index contributed by atoms with van der Waals surface area (Å²) in [7, 11) is 0. The Morgan fingerprint density at radius 2 is 1.76 bits per heavy atom. The zero-order valence-corrected chi connectivity index (χ0v) is 15.9. The largest absolute Gasteiger partial charge is 0.416 e. The number of hydrogen-bond acceptors (Lipinski definition) is 4. The summed E-state index contributed by atoms with van der Waals surface area (Å²) in [4.78, 5) is 34.9. The van der Waals surface area contributed by atoms with Crippen LogP contribution in [0.5, 0.6) is 0 Å². The maximum atomic E-state index is 12.7. The van der Waals surface area contributed by atoms with Gasteiger partial charge in [-0.1, -0.05) is 42.1 Å². The normalized spacial score (nSPS) is 16.6. The van der Waals surface area contributed by atoms with Crippen LogP contribution in [0.4, 0.5) is 18.0 Å². The molecule has 2 aromatic carbocycles. The monoisotopic (exact) mass is 422 g/mol. The van der Waals surface area contributed by atoms with Crippen LogP contribution in [0.2, 0.25) is 0 Å². The second-order valence-electron chi connectivity index (χ2n) is 6.49. The predicted molar refractivity (Wildman–Crippen MR) is 103 cm³/mol. The third-order valence-electron chi connectivity index (χ3n) is 4.36. The average Bonchev–Trinajstić information content (AvgIpc) is 2.99. The van der Waals surface area contributed by atoms with Crippen molar-refractivity contribution in [3.8, 4) is 0 Å². The number of carbonyl (C=O) groups excluding carboxylic acids is 3. The van der Waals surface area contributed by atoms with Gasteiger partial charge in [-0.3, -0.25) is 19.7 Å². The summed E-state index contributed by atoms with van der Waals surface area (Å²) in [5, 5.41) is 4.08. The van der Waals surface area contributed by atoms with Crippen molar-refractivity contribution in [2.45, 2.75) is 24.3 Å². The maximum absolute atomic E-state index is 12.7. The molecule has 5 nitrogen and oxygen atoms in total. The predicted octanol–water partition coefficient (Wildman–Crippen LogP) is 3.57. The van der Waals surface area contributed by atoms with E-state index in [1.807, 2.05) is 24.3 Å². The molecule has 0 bridgehead atoms. The molecule has 0 aliphatic carbocycles. The molecule has 3 amide bonds. The van der Waals surface area contributed by atoms with Gasteiger partial charge in [0.1, 0.15) is 0 Å². The van der Waals surface area contributed by atoms with Gasteiger partial charge in [-0.15, -0.1) is 0 Å². The Hall–Kier alpha value is -2.81. The van der Waals surface area contributed by atoms with Gasteiger partial charge in [-0.2, -0.15) is 13.2 Å². The van der Waals surface area contributed by atoms with Crippen molar-refractivity contribution in [2.24, 2.45) is 0 Å². The lowest BCUT2D eigenvalue weighted by molar-refractivity contribution is -0.137. The molecule has 0 unspecified atom stereocenters. The summed E-state index contributed by atoms with van der Waals surface area (Å²) in [6, 6.07) is 11.7. The Morgan fingerprint density at radius 3 is 2.38 bits per heavy atom. The van der Waals surface area contributed by atoms with Crippen molar-refractivity contribution in [1.29, 1.82) is 0 Å². The Morgan fingerprint density at radius 1 is 1.07 bits per heavy atom. The van der Waals surface area contributed by atoms with Crippen molar-refractivity contribution in [2.75, 3.05) is 6.54 Å². The fourth-order valence-electron chi connectivity index (χ4n) is 2.84. The van der Waals surface area contributed by atoms with Gasteiger partial charge in [0.15, 0.2) is 0 Å². The third-order valence-corrected chi connectivity index (χ3v) is 5.34. The molecule has 152 valence electrons. The van der Waals surface area contributed by atoms with Gasteiger partial charge in [0.05, 0.1) is 10.8 Å². The summed E-state index contributed by atoms with van der Waals surface area (Å²) >= 11 is 0.973. The Balaban J connectivity index is 1.50. The molecule has 0 radical (unpaired) electrons. The van der Waals surface area contributed by atoms with E-state index in [1.165, 1.54) is 12.1 Å². The van der Waals surface area contributed by atoms with Gasteiger partial charge >= 0.3 is 6.18 Å². The van der Waals surface area contributed by atoms with E-state index < -0.39 is 22.9 Å². The minimum atomic E-state index is -4.50. The van der Waals surface area contributed by atoms with Crippen LogP contribution in [-0.2, 0) is 23.8 Å². The van der Waals surface area contributed by atoms with E-state index in [4.69, 9.17) is 0 Å². The van der Waals surface area contributed by atoms with Crippen molar-refractivity contribution < 1.29 is 27.6 Å². The van der Waals surface area contributed by atoms with Crippen LogP contribution in [0.3, 0.4) is 0 Å². The lowest BCUT2D eigenvalue weighted by Crippen LogP contribution is -2.26. The number of alkyl halides is 3. The zero-order chi connectivity index (χ0) is 21.0. The molecule has 3 rings (SSSR count). The smallest absolute Gasteiger partial charge is 0.352 e. The first kappa shape index (κ1) is 20.9. The molecule has 0 spiro atoms. The fraction of sp³-hybridized carbons (Fsp3) is 0.250. The second kappa shape index (κ2) is 8.69. The SMILES string of the molecule is O=C1NC(=O)[C@@H](Cc2ccc(CCNC(=O)c3cccc(C(F)(F)F)c3)cc2)S1. The van der Waals surface area contributed by atoms with E-state index in [0.29, 0.717) is 12.8 Å². The molecular weight excluding hydrogens is 405 g/mol. The quantitative estimate of drug-likeness (QED) is 0.746. The summed E-state index contributed by atoms with van der Waals surface area (Å²) < 4.78 is 38.2. The third kappa shape index (κ3) is 5.60. The van der Waals surface area contributed by atoms with Crippen LogP contribution in [0.15, 0.2) is 48.5 Å². The number of hydrogen-bond donors (Lipinski definition) is 2. The maximum Gasteiger partial charge on any atom is 0.416 e. The number of halogens is 3. The Kier molecular flexibility index (Phi) is 6.26. The van der Waals surface area contributed by atoms with Gasteiger partial charge in [0.2, 0.25) is 5.91 Å². The van der Waals surface area contributed by atoms with Crippen LogP contribution in [0, 0.1) is 0 Å². The highest BCUT2D eigenvalue weighted by Crippen LogP contribution is 2.29. The number of rotatable bonds is 6. The van der Waals surface area contributed by atoms with E-state index in [9.17, 15) is 27.6 Å². The summed E-state index contributed by atoms with van der Waals surface area (Å²) in [5.74, 6) is -0.858. The molecule has 9 heteroatoms. The van der Waals surface area contributed by atoms with Crippen molar-refractivity contribution in [3.05, 3.63) is 70.8 Å². The second-order valence-corrected chi connectivity index (χ2v) is 7.66. The molecule has 1 aliphatic rings. The molecular formula is C20H17F3N2O3S. The van der Waals surface area contributed by atoms with Crippen LogP contribution in [0.25, 0.3) is 0 Å². The highest BCUT2D eigenvalue weighted by Gasteiger charge is 2.32. The van der Waals surface area contributed by atoms with Crippen LogP contribution < -0.4 is 10.6 Å². The minimum Gasteiger partial charge on any atom is -0.352 e. The van der Waals surface area contributed by atoms with Crippen molar-refractivity contribution >= 4 is 28.8 Å². The molecule has 1 aliphatic heterocycles. The molecule has 1 heterocycles. The summed E-state index contributed by atoms with van der Waals surface area (Å²) in [6.45, 7) is 0.268. The fourth-order valence-corrected chi connectivity index (χ4v) is 3.70. The highest BCUT2D eigenvalue weighted by atomic mass is 32.2. The van der Waals surface area contributed by atoms with Crippen LogP contribution in [0.1, 0.15) is 27.0 Å². The molecule has 29 heavy (non-hydrogen) atoms. The van der Waals surface area contributed by atoms with E-state index in [2.05, 4.69) is 10.6 Å². The van der Waals surface area contributed by atoms with Crippen molar-refractivity contribution in [1.82, 2.24) is 10.6 Å². The molecule has 1 fully saturated rings. The van der Waals surface area contributed by atoms with Gasteiger partial charge in [0, 0.05) is 12.1 Å². The van der Waals surface area contributed by atoms with Crippen LogP contribution in [-0.4, -0.2) is 28.8 Å². The van der Waals surface area contributed by atoms with Gasteiger partial charge in [-0.25, -0.2) is 0 Å². The van der Waals surface area contributed by atoms with E-state index >= 15 is 0 Å². The molecule has 1 atom stereocenters.